The second-order valence-electron chi connectivity index (χ2n) is 8.47. The van der Waals surface area contributed by atoms with E-state index in [0.717, 1.165) is 35.4 Å². The molecule has 1 aliphatic rings. The molecule has 4 heterocycles. The fraction of sp³-hybridized carbons (Fsp3) is 0.200. The number of halogens is 1. The maximum atomic E-state index is 13.7. The normalized spacial score (nSPS) is 13.1. The first-order chi connectivity index (χ1) is 16.4. The molecule has 5 aromatic rings. The van der Waals surface area contributed by atoms with Crippen LogP contribution in [0.4, 0.5) is 0 Å². The highest BCUT2D eigenvalue weighted by Gasteiger charge is 2.25. The zero-order valence-corrected chi connectivity index (χ0v) is 19.8. The number of aryl methyl sites for hydroxylation is 3. The summed E-state index contributed by atoms with van der Waals surface area (Å²) in [4.78, 5) is 46.5. The van der Waals surface area contributed by atoms with Gasteiger partial charge in [-0.3, -0.25) is 18.6 Å². The average molecular weight is 491 g/mol. The molecule has 0 aliphatic heterocycles. The van der Waals surface area contributed by atoms with Crippen molar-refractivity contribution in [2.75, 3.05) is 0 Å². The number of hydrogen-bond donors (Lipinski definition) is 0. The predicted molar refractivity (Wildman–Crippen MR) is 134 cm³/mol. The molecule has 0 atom stereocenters. The van der Waals surface area contributed by atoms with Gasteiger partial charge in [0.25, 0.3) is 11.1 Å². The van der Waals surface area contributed by atoms with Gasteiger partial charge < -0.3 is 0 Å². The molecule has 0 unspecified atom stereocenters. The predicted octanol–water partition coefficient (Wildman–Crippen LogP) is 3.72. The molecule has 0 amide bonds. The largest absolute Gasteiger partial charge is 0.337 e. The lowest BCUT2D eigenvalue weighted by Crippen LogP contribution is -2.39. The molecule has 0 bridgehead atoms. The third-order valence-corrected chi connectivity index (χ3v) is 7.89. The van der Waals surface area contributed by atoms with E-state index in [1.165, 1.54) is 26.4 Å². The van der Waals surface area contributed by atoms with Gasteiger partial charge in [-0.1, -0.05) is 17.7 Å². The highest BCUT2D eigenvalue weighted by molar-refractivity contribution is 7.18. The maximum Gasteiger partial charge on any atom is 0.337 e. The molecule has 4 aromatic heterocycles. The van der Waals surface area contributed by atoms with Crippen LogP contribution in [0.1, 0.15) is 28.2 Å². The number of nitrogens with zero attached hydrogens (tertiary/aromatic N) is 4. The summed E-state index contributed by atoms with van der Waals surface area (Å²) in [6.45, 7) is 1.93. The molecule has 34 heavy (non-hydrogen) atoms. The minimum atomic E-state index is -0.467. The van der Waals surface area contributed by atoms with Crippen molar-refractivity contribution in [3.05, 3.63) is 107 Å². The van der Waals surface area contributed by atoms with Gasteiger partial charge in [0.05, 0.1) is 23.3 Å². The van der Waals surface area contributed by atoms with Gasteiger partial charge in [0, 0.05) is 21.7 Å². The molecular formula is C25H19ClN4O3S. The Labute approximate surface area is 202 Å². The van der Waals surface area contributed by atoms with Crippen LogP contribution in [0, 0.1) is 6.92 Å². The van der Waals surface area contributed by atoms with E-state index in [2.05, 4.69) is 4.98 Å². The molecule has 1 aromatic carbocycles. The topological polar surface area (TPSA) is 78.4 Å². The van der Waals surface area contributed by atoms with E-state index in [1.54, 1.807) is 34.9 Å². The molecule has 0 saturated carbocycles. The van der Waals surface area contributed by atoms with Crippen LogP contribution in [-0.4, -0.2) is 18.5 Å². The Morgan fingerprint density at radius 3 is 2.65 bits per heavy atom. The summed E-state index contributed by atoms with van der Waals surface area (Å²) in [5, 5.41) is 1.10. The molecular weight excluding hydrogens is 472 g/mol. The lowest BCUT2D eigenvalue weighted by Gasteiger charge is -2.13. The number of aromatic nitrogens is 4. The molecule has 1 aliphatic carbocycles. The van der Waals surface area contributed by atoms with Crippen LogP contribution in [0.2, 0.25) is 5.02 Å². The van der Waals surface area contributed by atoms with Crippen LogP contribution in [0.25, 0.3) is 21.6 Å². The van der Waals surface area contributed by atoms with Gasteiger partial charge in [-0.05, 0) is 68.1 Å². The minimum Gasteiger partial charge on any atom is -0.278 e. The second kappa shape index (κ2) is 7.78. The minimum absolute atomic E-state index is 0.0856. The third-order valence-electron chi connectivity index (χ3n) is 6.33. The van der Waals surface area contributed by atoms with E-state index in [0.29, 0.717) is 32.3 Å². The molecule has 0 spiro atoms. The summed E-state index contributed by atoms with van der Waals surface area (Å²) in [5.41, 5.74) is 2.26. The Hall–Kier alpha value is -3.49. The number of hydrogen-bond acceptors (Lipinski definition) is 5. The zero-order valence-electron chi connectivity index (χ0n) is 18.2. The van der Waals surface area contributed by atoms with Gasteiger partial charge in [-0.25, -0.2) is 14.3 Å². The Kier molecular flexibility index (Phi) is 4.82. The number of rotatable bonds is 3. The SMILES string of the molecule is Cc1cccc2nc(Cn3c(=O)n(-c4ccc(Cl)cc4)c(=O)c4c5c(sc43)CCC5)cc(=O)n12. The standard InChI is InChI=1S/C25H19ClN4O3S/c1-14-4-2-7-20-27-16(12-21(31)29(14)20)13-28-24-22(18-5-3-6-19(18)34-24)23(32)30(25(28)33)17-10-8-15(26)9-11-17/h2,4,7-12H,3,5-6,13H2,1H3. The van der Waals surface area contributed by atoms with Crippen molar-refractivity contribution in [2.45, 2.75) is 32.7 Å². The summed E-state index contributed by atoms with van der Waals surface area (Å²) in [6, 6.07) is 13.6. The first kappa shape index (κ1) is 21.1. The van der Waals surface area contributed by atoms with Crippen molar-refractivity contribution in [1.82, 2.24) is 18.5 Å². The van der Waals surface area contributed by atoms with E-state index >= 15 is 0 Å². The van der Waals surface area contributed by atoms with Gasteiger partial charge in [-0.15, -0.1) is 11.3 Å². The van der Waals surface area contributed by atoms with E-state index < -0.39 is 5.69 Å². The molecule has 0 fully saturated rings. The van der Waals surface area contributed by atoms with Crippen LogP contribution in [0.3, 0.4) is 0 Å². The third kappa shape index (κ3) is 3.17. The molecule has 7 nitrogen and oxygen atoms in total. The van der Waals surface area contributed by atoms with E-state index in [1.807, 2.05) is 19.1 Å². The molecule has 0 N–H and O–H groups in total. The smallest absolute Gasteiger partial charge is 0.278 e. The number of thiophene rings is 1. The Bertz CT molecular complexity index is 1790. The quantitative estimate of drug-likeness (QED) is 0.386. The van der Waals surface area contributed by atoms with Crippen molar-refractivity contribution in [2.24, 2.45) is 0 Å². The van der Waals surface area contributed by atoms with Crippen molar-refractivity contribution >= 4 is 38.8 Å². The van der Waals surface area contributed by atoms with Gasteiger partial charge in [0.15, 0.2) is 0 Å². The lowest BCUT2D eigenvalue weighted by molar-refractivity contribution is 0.703. The number of pyridine rings is 1. The van der Waals surface area contributed by atoms with Gasteiger partial charge >= 0.3 is 5.69 Å². The Morgan fingerprint density at radius 1 is 1.06 bits per heavy atom. The maximum absolute atomic E-state index is 13.7. The van der Waals surface area contributed by atoms with E-state index in [-0.39, 0.29) is 17.7 Å². The summed E-state index contributed by atoms with van der Waals surface area (Å²) in [6.07, 6.45) is 2.72. The number of fused-ring (bicyclic) bond motifs is 4. The van der Waals surface area contributed by atoms with Crippen LogP contribution in [0.5, 0.6) is 0 Å². The molecule has 9 heteroatoms. The van der Waals surface area contributed by atoms with Crippen molar-refractivity contribution in [3.8, 4) is 5.69 Å². The second-order valence-corrected chi connectivity index (χ2v) is 9.99. The fourth-order valence-corrected chi connectivity index (χ4v) is 6.27. The fourth-order valence-electron chi connectivity index (χ4n) is 4.77. The summed E-state index contributed by atoms with van der Waals surface area (Å²) < 4.78 is 4.31. The summed E-state index contributed by atoms with van der Waals surface area (Å²) in [7, 11) is 0. The van der Waals surface area contributed by atoms with Gasteiger partial charge in [-0.2, -0.15) is 0 Å². The highest BCUT2D eigenvalue weighted by atomic mass is 35.5. The van der Waals surface area contributed by atoms with Crippen LogP contribution < -0.4 is 16.8 Å². The summed E-state index contributed by atoms with van der Waals surface area (Å²) in [5.74, 6) is 0. The monoisotopic (exact) mass is 490 g/mol. The molecule has 0 saturated heterocycles. The van der Waals surface area contributed by atoms with E-state index in [9.17, 15) is 14.4 Å². The molecule has 0 radical (unpaired) electrons. The Balaban J connectivity index is 1.63. The Morgan fingerprint density at radius 2 is 1.85 bits per heavy atom. The molecule has 6 rings (SSSR count). The molecule has 170 valence electrons. The van der Waals surface area contributed by atoms with Crippen molar-refractivity contribution < 1.29 is 0 Å². The van der Waals surface area contributed by atoms with Crippen LogP contribution in [-0.2, 0) is 19.4 Å². The van der Waals surface area contributed by atoms with Crippen molar-refractivity contribution in [3.63, 3.8) is 0 Å². The van der Waals surface area contributed by atoms with Gasteiger partial charge in [0.2, 0.25) is 0 Å². The zero-order chi connectivity index (χ0) is 23.6. The van der Waals surface area contributed by atoms with Crippen LogP contribution in [0.15, 0.2) is 62.9 Å². The van der Waals surface area contributed by atoms with Gasteiger partial charge in [0.1, 0.15) is 10.5 Å². The van der Waals surface area contributed by atoms with Crippen molar-refractivity contribution in [1.29, 1.82) is 0 Å². The summed E-state index contributed by atoms with van der Waals surface area (Å²) >= 11 is 7.53. The lowest BCUT2D eigenvalue weighted by atomic mass is 10.2. The first-order valence-corrected chi connectivity index (χ1v) is 12.2. The van der Waals surface area contributed by atoms with E-state index in [4.69, 9.17) is 11.6 Å². The first-order valence-electron chi connectivity index (χ1n) is 11.0. The highest BCUT2D eigenvalue weighted by Crippen LogP contribution is 2.35. The average Bonchev–Trinajstić information content (AvgIpc) is 3.39. The van der Waals surface area contributed by atoms with Crippen LogP contribution >= 0.6 is 22.9 Å². The number of benzene rings is 1.